The Morgan fingerprint density at radius 1 is 1.38 bits per heavy atom. The maximum absolute atomic E-state index is 13.8. The molecule has 2 rings (SSSR count). The first-order valence-corrected chi connectivity index (χ1v) is 5.80. The normalized spacial score (nSPS) is 18.1. The lowest BCUT2D eigenvalue weighted by atomic mass is 9.72. The molecule has 2 N–H and O–H groups in total. The van der Waals surface area contributed by atoms with E-state index in [0.29, 0.717) is 17.3 Å². The number of rotatable bonds is 2. The molecule has 0 amide bonds. The molecule has 1 aromatic rings. The molecule has 16 heavy (non-hydrogen) atoms. The van der Waals surface area contributed by atoms with E-state index in [1.165, 1.54) is 13.2 Å². The van der Waals surface area contributed by atoms with E-state index in [2.05, 4.69) is 15.9 Å². The second-order valence-corrected chi connectivity index (χ2v) is 4.93. The third kappa shape index (κ3) is 1.62. The number of benzene rings is 1. The van der Waals surface area contributed by atoms with Crippen LogP contribution in [0.3, 0.4) is 0 Å². The molecule has 0 aliphatic heterocycles. The van der Waals surface area contributed by atoms with Gasteiger partial charge in [-0.3, -0.25) is 0 Å². The maximum Gasteiger partial charge on any atom is 0.202 e. The van der Waals surface area contributed by atoms with Gasteiger partial charge in [-0.25, -0.2) is 4.39 Å². The van der Waals surface area contributed by atoms with Gasteiger partial charge in [-0.15, -0.1) is 0 Å². The van der Waals surface area contributed by atoms with E-state index in [4.69, 9.17) is 10.5 Å². The van der Waals surface area contributed by atoms with Gasteiger partial charge in [0.25, 0.3) is 0 Å². The zero-order valence-corrected chi connectivity index (χ0v) is 10.4. The number of nitrogens with two attached hydrogens (primary N) is 1. The molecule has 0 atom stereocenters. The van der Waals surface area contributed by atoms with Crippen molar-refractivity contribution in [2.45, 2.75) is 24.8 Å². The smallest absolute Gasteiger partial charge is 0.202 e. The van der Waals surface area contributed by atoms with Crippen LogP contribution < -0.4 is 10.5 Å². The lowest BCUT2D eigenvalue weighted by Crippen LogP contribution is -2.44. The van der Waals surface area contributed by atoms with Gasteiger partial charge in [0.15, 0.2) is 11.6 Å². The minimum atomic E-state index is -0.983. The number of ether oxygens (including phenoxy) is 1. The zero-order valence-electron chi connectivity index (χ0n) is 8.82. The maximum atomic E-state index is 13.8. The van der Waals surface area contributed by atoms with E-state index in [1.54, 1.807) is 0 Å². The Balaban J connectivity index is 2.56. The molecule has 88 valence electrons. The van der Waals surface area contributed by atoms with Crippen molar-refractivity contribution in [1.29, 1.82) is 0 Å². The molecule has 5 heteroatoms. The third-order valence-corrected chi connectivity index (χ3v) is 3.69. The third-order valence-electron chi connectivity index (χ3n) is 3.10. The molecular weight excluding hydrogens is 280 g/mol. The molecule has 1 fully saturated rings. The largest absolute Gasteiger partial charge is 0.492 e. The molecule has 0 spiro atoms. The van der Waals surface area contributed by atoms with Gasteiger partial charge in [-0.1, -0.05) is 0 Å². The van der Waals surface area contributed by atoms with Crippen LogP contribution >= 0.6 is 15.9 Å². The van der Waals surface area contributed by atoms with Gasteiger partial charge in [-0.05, 0) is 41.3 Å². The molecule has 1 aliphatic rings. The lowest BCUT2D eigenvalue weighted by Gasteiger charge is -2.39. The molecule has 0 unspecified atom stereocenters. The van der Waals surface area contributed by atoms with Crippen LogP contribution in [-0.4, -0.2) is 7.11 Å². The standard InChI is InChI=1S/C11H12BrF2NO/c1-16-10-7(12)5-6(8(13)9(10)14)11(15)3-2-4-11/h5H,2-4,15H2,1H3. The van der Waals surface area contributed by atoms with Gasteiger partial charge in [0.1, 0.15) is 0 Å². The van der Waals surface area contributed by atoms with E-state index < -0.39 is 17.2 Å². The minimum Gasteiger partial charge on any atom is -0.492 e. The first-order valence-electron chi connectivity index (χ1n) is 5.00. The molecule has 1 aromatic carbocycles. The number of halogens is 3. The van der Waals surface area contributed by atoms with E-state index >= 15 is 0 Å². The van der Waals surface area contributed by atoms with Gasteiger partial charge in [0, 0.05) is 11.1 Å². The summed E-state index contributed by atoms with van der Waals surface area (Å²) in [6, 6.07) is 1.51. The topological polar surface area (TPSA) is 35.2 Å². The summed E-state index contributed by atoms with van der Waals surface area (Å²) in [4.78, 5) is 0. The Morgan fingerprint density at radius 2 is 2.00 bits per heavy atom. The summed E-state index contributed by atoms with van der Waals surface area (Å²) in [7, 11) is 1.30. The van der Waals surface area contributed by atoms with Gasteiger partial charge >= 0.3 is 0 Å². The van der Waals surface area contributed by atoms with E-state index in [-0.39, 0.29) is 11.3 Å². The lowest BCUT2D eigenvalue weighted by molar-refractivity contribution is 0.240. The summed E-state index contributed by atoms with van der Waals surface area (Å²) < 4.78 is 32.6. The first-order chi connectivity index (χ1) is 7.49. The van der Waals surface area contributed by atoms with Crippen molar-refractivity contribution in [3.05, 3.63) is 27.7 Å². The van der Waals surface area contributed by atoms with E-state index in [1.807, 2.05) is 0 Å². The fourth-order valence-electron chi connectivity index (χ4n) is 1.95. The fraction of sp³-hybridized carbons (Fsp3) is 0.455. The fourth-order valence-corrected chi connectivity index (χ4v) is 2.52. The monoisotopic (exact) mass is 291 g/mol. The molecule has 2 nitrogen and oxygen atoms in total. The van der Waals surface area contributed by atoms with Gasteiger partial charge < -0.3 is 10.5 Å². The predicted molar refractivity (Wildman–Crippen MR) is 60.3 cm³/mol. The predicted octanol–water partition coefficient (Wildman–Crippen LogP) is 3.07. The molecular formula is C11H12BrF2NO. The van der Waals surface area contributed by atoms with E-state index in [0.717, 1.165) is 6.42 Å². The molecule has 0 radical (unpaired) electrons. The molecule has 0 heterocycles. The summed E-state index contributed by atoms with van der Waals surface area (Å²) in [5, 5.41) is 0. The SMILES string of the molecule is COc1c(Br)cc(C2(N)CCC2)c(F)c1F. The average Bonchev–Trinajstić information content (AvgIpc) is 2.21. The van der Waals surface area contributed by atoms with Crippen molar-refractivity contribution in [3.8, 4) is 5.75 Å². The molecule has 1 saturated carbocycles. The van der Waals surface area contributed by atoms with Crippen molar-refractivity contribution in [1.82, 2.24) is 0 Å². The Labute approximate surface area is 101 Å². The van der Waals surface area contributed by atoms with Crippen LogP contribution in [0.5, 0.6) is 5.75 Å². The number of hydrogen-bond acceptors (Lipinski definition) is 2. The van der Waals surface area contributed by atoms with Crippen LogP contribution in [0.25, 0.3) is 0 Å². The quantitative estimate of drug-likeness (QED) is 0.850. The number of hydrogen-bond donors (Lipinski definition) is 1. The van der Waals surface area contributed by atoms with Crippen LogP contribution in [0.1, 0.15) is 24.8 Å². The Kier molecular flexibility index (Phi) is 2.92. The Bertz CT molecular complexity index is 432. The van der Waals surface area contributed by atoms with Crippen molar-refractivity contribution in [2.75, 3.05) is 7.11 Å². The summed E-state index contributed by atoms with van der Waals surface area (Å²) >= 11 is 3.15. The highest BCUT2D eigenvalue weighted by molar-refractivity contribution is 9.10. The Morgan fingerprint density at radius 3 is 2.44 bits per heavy atom. The van der Waals surface area contributed by atoms with Gasteiger partial charge in [-0.2, -0.15) is 4.39 Å². The van der Waals surface area contributed by atoms with Gasteiger partial charge in [0.2, 0.25) is 5.82 Å². The summed E-state index contributed by atoms with van der Waals surface area (Å²) in [6.45, 7) is 0. The molecule has 0 aromatic heterocycles. The summed E-state index contributed by atoms with van der Waals surface area (Å²) in [6.07, 6.45) is 2.31. The van der Waals surface area contributed by atoms with Crippen molar-refractivity contribution in [2.24, 2.45) is 5.73 Å². The molecule has 0 bridgehead atoms. The van der Waals surface area contributed by atoms with Crippen LogP contribution in [0.15, 0.2) is 10.5 Å². The highest BCUT2D eigenvalue weighted by atomic mass is 79.9. The van der Waals surface area contributed by atoms with Crippen LogP contribution in [0, 0.1) is 11.6 Å². The summed E-state index contributed by atoms with van der Waals surface area (Å²) in [5.41, 5.74) is 5.49. The first kappa shape index (κ1) is 11.8. The van der Waals surface area contributed by atoms with Crippen LogP contribution in [0.4, 0.5) is 8.78 Å². The molecule has 0 saturated heterocycles. The van der Waals surface area contributed by atoms with Crippen LogP contribution in [-0.2, 0) is 5.54 Å². The average molecular weight is 292 g/mol. The second kappa shape index (κ2) is 3.96. The minimum absolute atomic E-state index is 0.121. The zero-order chi connectivity index (χ0) is 11.9. The molecule has 1 aliphatic carbocycles. The van der Waals surface area contributed by atoms with Crippen LogP contribution in [0.2, 0.25) is 0 Å². The van der Waals surface area contributed by atoms with Crippen molar-refractivity contribution in [3.63, 3.8) is 0 Å². The van der Waals surface area contributed by atoms with Gasteiger partial charge in [0.05, 0.1) is 11.6 Å². The Hall–Kier alpha value is -0.680. The highest BCUT2D eigenvalue weighted by Gasteiger charge is 2.38. The highest BCUT2D eigenvalue weighted by Crippen LogP contribution is 2.43. The second-order valence-electron chi connectivity index (χ2n) is 4.08. The van der Waals surface area contributed by atoms with Crippen molar-refractivity contribution < 1.29 is 13.5 Å². The van der Waals surface area contributed by atoms with Crippen molar-refractivity contribution >= 4 is 15.9 Å². The van der Waals surface area contributed by atoms with E-state index in [9.17, 15) is 8.78 Å². The summed E-state index contributed by atoms with van der Waals surface area (Å²) in [5.74, 6) is -2.00. The number of methoxy groups -OCH3 is 1.